The normalized spacial score (nSPS) is 10.8. The van der Waals surface area contributed by atoms with Crippen molar-refractivity contribution in [1.82, 2.24) is 4.98 Å². The SMILES string of the molecule is CC(=O)N(c1ccccc1)c1nc(/C=C/C(=O)Nc2cc(C(N)=O)cc(F)c2C)cs1. The Bertz CT molecular complexity index is 1170. The highest BCUT2D eigenvalue weighted by Gasteiger charge is 2.17. The van der Waals surface area contributed by atoms with Gasteiger partial charge in [-0.05, 0) is 37.3 Å². The van der Waals surface area contributed by atoms with Crippen LogP contribution in [0.4, 0.5) is 20.9 Å². The molecule has 0 aliphatic rings. The van der Waals surface area contributed by atoms with Gasteiger partial charge in [-0.25, -0.2) is 9.37 Å². The van der Waals surface area contributed by atoms with Gasteiger partial charge in [-0.15, -0.1) is 11.3 Å². The fourth-order valence-electron chi connectivity index (χ4n) is 2.75. The van der Waals surface area contributed by atoms with Crippen molar-refractivity contribution >= 4 is 51.6 Å². The number of thiazole rings is 1. The maximum absolute atomic E-state index is 14.0. The molecular weight excluding hydrogens is 419 g/mol. The number of hydrogen-bond donors (Lipinski definition) is 2. The summed E-state index contributed by atoms with van der Waals surface area (Å²) in [6.07, 6.45) is 2.70. The Morgan fingerprint density at radius 1 is 1.19 bits per heavy atom. The number of anilines is 3. The average molecular weight is 438 g/mol. The molecule has 0 spiro atoms. The molecule has 31 heavy (non-hydrogen) atoms. The summed E-state index contributed by atoms with van der Waals surface area (Å²) in [5.41, 5.74) is 6.64. The zero-order chi connectivity index (χ0) is 22.5. The van der Waals surface area contributed by atoms with E-state index in [1.807, 2.05) is 18.2 Å². The van der Waals surface area contributed by atoms with Crippen LogP contribution in [0, 0.1) is 12.7 Å². The van der Waals surface area contributed by atoms with Crippen LogP contribution in [0.15, 0.2) is 53.9 Å². The largest absolute Gasteiger partial charge is 0.366 e. The molecule has 0 aliphatic heterocycles. The van der Waals surface area contributed by atoms with Crippen molar-refractivity contribution in [2.24, 2.45) is 5.73 Å². The zero-order valence-corrected chi connectivity index (χ0v) is 17.6. The lowest BCUT2D eigenvalue weighted by Crippen LogP contribution is -2.22. The number of amides is 3. The van der Waals surface area contributed by atoms with Crippen LogP contribution < -0.4 is 16.0 Å². The van der Waals surface area contributed by atoms with Gasteiger partial charge in [0.05, 0.1) is 11.4 Å². The van der Waals surface area contributed by atoms with Gasteiger partial charge in [0.25, 0.3) is 0 Å². The minimum atomic E-state index is -0.798. The maximum Gasteiger partial charge on any atom is 0.248 e. The van der Waals surface area contributed by atoms with Crippen molar-refractivity contribution in [2.45, 2.75) is 13.8 Å². The van der Waals surface area contributed by atoms with Gasteiger partial charge in [0.2, 0.25) is 17.7 Å². The van der Waals surface area contributed by atoms with Crippen LogP contribution >= 0.6 is 11.3 Å². The molecule has 0 saturated carbocycles. The molecule has 9 heteroatoms. The van der Waals surface area contributed by atoms with Crippen molar-refractivity contribution in [3.8, 4) is 0 Å². The predicted octanol–water partition coefficient (Wildman–Crippen LogP) is 4.03. The first-order valence-electron chi connectivity index (χ1n) is 9.16. The molecule has 158 valence electrons. The molecule has 3 amide bonds. The number of carbonyl (C=O) groups excluding carboxylic acids is 3. The molecule has 0 radical (unpaired) electrons. The fourth-order valence-corrected chi connectivity index (χ4v) is 3.60. The first kappa shape index (κ1) is 21.8. The van der Waals surface area contributed by atoms with E-state index >= 15 is 0 Å². The Hall–Kier alpha value is -3.85. The van der Waals surface area contributed by atoms with Crippen LogP contribution in [0.2, 0.25) is 0 Å². The Labute approximate surface area is 182 Å². The van der Waals surface area contributed by atoms with Gasteiger partial charge in [-0.2, -0.15) is 0 Å². The molecule has 1 heterocycles. The monoisotopic (exact) mass is 438 g/mol. The highest BCUT2D eigenvalue weighted by molar-refractivity contribution is 7.14. The third-order valence-electron chi connectivity index (χ3n) is 4.32. The minimum absolute atomic E-state index is 0.0447. The summed E-state index contributed by atoms with van der Waals surface area (Å²) in [6, 6.07) is 11.4. The summed E-state index contributed by atoms with van der Waals surface area (Å²) in [7, 11) is 0. The molecule has 1 aromatic heterocycles. The van der Waals surface area contributed by atoms with Gasteiger partial charge >= 0.3 is 0 Å². The molecular formula is C22H19FN4O3S. The zero-order valence-electron chi connectivity index (χ0n) is 16.8. The maximum atomic E-state index is 14.0. The van der Waals surface area contributed by atoms with E-state index in [1.165, 1.54) is 48.3 Å². The number of carbonyl (C=O) groups is 3. The van der Waals surface area contributed by atoms with Gasteiger partial charge in [-0.3, -0.25) is 19.3 Å². The summed E-state index contributed by atoms with van der Waals surface area (Å²) in [4.78, 5) is 41.6. The number of primary amides is 1. The lowest BCUT2D eigenvalue weighted by Gasteiger charge is -2.17. The number of aromatic nitrogens is 1. The smallest absolute Gasteiger partial charge is 0.248 e. The van der Waals surface area contributed by atoms with E-state index in [2.05, 4.69) is 10.3 Å². The first-order chi connectivity index (χ1) is 14.8. The Balaban J connectivity index is 1.76. The molecule has 0 aliphatic carbocycles. The molecule has 0 atom stereocenters. The number of nitrogens with two attached hydrogens (primary N) is 1. The summed E-state index contributed by atoms with van der Waals surface area (Å²) in [5, 5.41) is 4.70. The van der Waals surface area contributed by atoms with Crippen LogP contribution in [0.1, 0.15) is 28.5 Å². The highest BCUT2D eigenvalue weighted by atomic mass is 32.1. The number of rotatable bonds is 6. The van der Waals surface area contributed by atoms with Gasteiger partial charge in [0.1, 0.15) is 5.82 Å². The fraction of sp³-hybridized carbons (Fsp3) is 0.0909. The van der Waals surface area contributed by atoms with Crippen molar-refractivity contribution in [1.29, 1.82) is 0 Å². The molecule has 3 N–H and O–H groups in total. The standard InChI is InChI=1S/C22H19FN4O3S/c1-13-18(23)10-15(21(24)30)11-19(13)26-20(29)9-8-16-12-31-22(25-16)27(14(2)28)17-6-4-3-5-7-17/h3-12H,1-2H3,(H2,24,30)(H,26,29)/b9-8+. The van der Waals surface area contributed by atoms with Gasteiger partial charge in [-0.1, -0.05) is 18.2 Å². The van der Waals surface area contributed by atoms with Gasteiger partial charge in [0, 0.05) is 35.2 Å². The number of halogens is 1. The number of benzene rings is 2. The van der Waals surface area contributed by atoms with E-state index in [0.29, 0.717) is 16.5 Å². The van der Waals surface area contributed by atoms with Crippen molar-refractivity contribution in [2.75, 3.05) is 10.2 Å². The second kappa shape index (κ2) is 9.31. The molecule has 0 unspecified atom stereocenters. The molecule has 0 fully saturated rings. The van der Waals surface area contributed by atoms with Crippen molar-refractivity contribution < 1.29 is 18.8 Å². The average Bonchev–Trinajstić information content (AvgIpc) is 3.18. The molecule has 0 saturated heterocycles. The van der Waals surface area contributed by atoms with E-state index in [9.17, 15) is 18.8 Å². The lowest BCUT2D eigenvalue weighted by atomic mass is 10.1. The van der Waals surface area contributed by atoms with E-state index in [-0.39, 0.29) is 22.7 Å². The molecule has 7 nitrogen and oxygen atoms in total. The second-order valence-electron chi connectivity index (χ2n) is 6.56. The molecule has 3 rings (SSSR count). The third-order valence-corrected chi connectivity index (χ3v) is 5.17. The van der Waals surface area contributed by atoms with Crippen molar-refractivity contribution in [3.05, 3.63) is 76.6 Å². The van der Waals surface area contributed by atoms with Gasteiger partial charge in [0.15, 0.2) is 5.13 Å². The predicted molar refractivity (Wildman–Crippen MR) is 119 cm³/mol. The van der Waals surface area contributed by atoms with Crippen LogP contribution in [0.5, 0.6) is 0 Å². The Morgan fingerprint density at radius 2 is 1.90 bits per heavy atom. The summed E-state index contributed by atoms with van der Waals surface area (Å²) < 4.78 is 14.0. The van der Waals surface area contributed by atoms with E-state index in [0.717, 1.165) is 6.07 Å². The summed E-state index contributed by atoms with van der Waals surface area (Å²) >= 11 is 1.26. The summed E-state index contributed by atoms with van der Waals surface area (Å²) in [6.45, 7) is 2.92. The number of nitrogens with one attached hydrogen (secondary N) is 1. The Morgan fingerprint density at radius 3 is 2.55 bits per heavy atom. The van der Waals surface area contributed by atoms with E-state index in [4.69, 9.17) is 5.73 Å². The first-order valence-corrected chi connectivity index (χ1v) is 10.0. The van der Waals surface area contributed by atoms with E-state index in [1.54, 1.807) is 17.5 Å². The van der Waals surface area contributed by atoms with E-state index < -0.39 is 17.6 Å². The number of hydrogen-bond acceptors (Lipinski definition) is 5. The highest BCUT2D eigenvalue weighted by Crippen LogP contribution is 2.29. The molecule has 2 aromatic carbocycles. The van der Waals surface area contributed by atoms with Crippen LogP contribution in [0.3, 0.4) is 0 Å². The topological polar surface area (TPSA) is 105 Å². The van der Waals surface area contributed by atoms with Gasteiger partial charge < -0.3 is 11.1 Å². The van der Waals surface area contributed by atoms with Crippen LogP contribution in [-0.4, -0.2) is 22.7 Å². The quantitative estimate of drug-likeness (QED) is 0.567. The van der Waals surface area contributed by atoms with Crippen LogP contribution in [-0.2, 0) is 9.59 Å². The van der Waals surface area contributed by atoms with Crippen molar-refractivity contribution in [3.63, 3.8) is 0 Å². The molecule has 0 bridgehead atoms. The third kappa shape index (κ3) is 5.20. The number of nitrogens with zero attached hydrogens (tertiary/aromatic N) is 2. The summed E-state index contributed by atoms with van der Waals surface area (Å²) in [5.74, 6) is -2.18. The lowest BCUT2D eigenvalue weighted by molar-refractivity contribution is -0.116. The Kier molecular flexibility index (Phi) is 6.56. The second-order valence-corrected chi connectivity index (χ2v) is 7.40. The number of para-hydroxylation sites is 1. The molecule has 3 aromatic rings. The minimum Gasteiger partial charge on any atom is -0.366 e. The van der Waals surface area contributed by atoms with Crippen LogP contribution in [0.25, 0.3) is 6.08 Å².